The van der Waals surface area contributed by atoms with E-state index < -0.39 is 17.3 Å². The summed E-state index contributed by atoms with van der Waals surface area (Å²) in [4.78, 5) is 34.6. The Hall–Kier alpha value is -2.83. The number of carbonyl (C=O) groups is 2. The first-order valence-corrected chi connectivity index (χ1v) is 7.65. The summed E-state index contributed by atoms with van der Waals surface area (Å²) in [6.07, 6.45) is 5.44. The molecule has 7 heteroatoms. The van der Waals surface area contributed by atoms with Gasteiger partial charge in [0.2, 0.25) is 11.8 Å². The van der Waals surface area contributed by atoms with Crippen molar-refractivity contribution in [1.29, 1.82) is 0 Å². The SMILES string of the molecule is NC(=O)[C@]1(c2cnccn2)CCCN1C(=O)Cc1cccc(F)c1. The Morgan fingerprint density at radius 3 is 2.83 bits per heavy atom. The minimum atomic E-state index is -1.29. The molecule has 0 radical (unpaired) electrons. The number of benzene rings is 1. The van der Waals surface area contributed by atoms with Gasteiger partial charge in [-0.05, 0) is 30.5 Å². The first kappa shape index (κ1) is 16.0. The van der Waals surface area contributed by atoms with E-state index >= 15 is 0 Å². The van der Waals surface area contributed by atoms with Crippen LogP contribution in [0.3, 0.4) is 0 Å². The Morgan fingerprint density at radius 1 is 1.33 bits per heavy atom. The van der Waals surface area contributed by atoms with E-state index in [1.54, 1.807) is 12.1 Å². The summed E-state index contributed by atoms with van der Waals surface area (Å²) < 4.78 is 13.3. The largest absolute Gasteiger partial charge is 0.367 e. The van der Waals surface area contributed by atoms with Gasteiger partial charge in [0, 0.05) is 18.9 Å². The molecule has 124 valence electrons. The maximum atomic E-state index is 13.3. The summed E-state index contributed by atoms with van der Waals surface area (Å²) >= 11 is 0. The zero-order chi connectivity index (χ0) is 17.2. The molecule has 1 fully saturated rings. The molecule has 0 aliphatic carbocycles. The number of hydrogen-bond donors (Lipinski definition) is 1. The molecule has 6 nitrogen and oxygen atoms in total. The fourth-order valence-corrected chi connectivity index (χ4v) is 3.23. The van der Waals surface area contributed by atoms with Crippen molar-refractivity contribution in [3.8, 4) is 0 Å². The topological polar surface area (TPSA) is 89.2 Å². The Bertz CT molecular complexity index is 768. The van der Waals surface area contributed by atoms with E-state index in [0.29, 0.717) is 30.6 Å². The molecule has 2 amide bonds. The van der Waals surface area contributed by atoms with Gasteiger partial charge in [0.05, 0.1) is 18.3 Å². The van der Waals surface area contributed by atoms with Crippen LogP contribution in [0.1, 0.15) is 24.1 Å². The van der Waals surface area contributed by atoms with Crippen LogP contribution in [0.5, 0.6) is 0 Å². The number of primary amides is 1. The van der Waals surface area contributed by atoms with E-state index in [-0.39, 0.29) is 12.3 Å². The second-order valence-corrected chi connectivity index (χ2v) is 5.77. The number of hydrogen-bond acceptors (Lipinski definition) is 4. The molecule has 0 spiro atoms. The van der Waals surface area contributed by atoms with Crippen LogP contribution >= 0.6 is 0 Å². The van der Waals surface area contributed by atoms with Gasteiger partial charge in [0.15, 0.2) is 5.54 Å². The second kappa shape index (κ2) is 6.35. The Balaban J connectivity index is 1.93. The van der Waals surface area contributed by atoms with Gasteiger partial charge in [-0.3, -0.25) is 19.6 Å². The predicted octanol–water partition coefficient (Wildman–Crippen LogP) is 1.16. The molecular formula is C17H17FN4O2. The van der Waals surface area contributed by atoms with Gasteiger partial charge in [-0.2, -0.15) is 0 Å². The third kappa shape index (κ3) is 2.73. The van der Waals surface area contributed by atoms with Gasteiger partial charge in [0.25, 0.3) is 0 Å². The highest BCUT2D eigenvalue weighted by atomic mass is 19.1. The molecule has 24 heavy (non-hydrogen) atoms. The molecule has 1 saturated heterocycles. The normalized spacial score (nSPS) is 20.1. The van der Waals surface area contributed by atoms with Crippen LogP contribution in [0, 0.1) is 5.82 Å². The van der Waals surface area contributed by atoms with Crippen LogP contribution in [-0.2, 0) is 21.5 Å². The Morgan fingerprint density at radius 2 is 2.17 bits per heavy atom. The molecule has 2 heterocycles. The number of halogens is 1. The van der Waals surface area contributed by atoms with Gasteiger partial charge in [0.1, 0.15) is 5.82 Å². The monoisotopic (exact) mass is 328 g/mol. The first-order chi connectivity index (χ1) is 11.5. The summed E-state index contributed by atoms with van der Waals surface area (Å²) in [5.74, 6) is -1.33. The number of nitrogens with two attached hydrogens (primary N) is 1. The van der Waals surface area contributed by atoms with Gasteiger partial charge in [-0.1, -0.05) is 12.1 Å². The number of aromatic nitrogens is 2. The lowest BCUT2D eigenvalue weighted by atomic mass is 9.90. The zero-order valence-electron chi connectivity index (χ0n) is 13.0. The average Bonchev–Trinajstić information content (AvgIpc) is 3.02. The van der Waals surface area contributed by atoms with Crippen molar-refractivity contribution in [1.82, 2.24) is 14.9 Å². The highest BCUT2D eigenvalue weighted by Gasteiger charge is 2.51. The third-order valence-corrected chi connectivity index (χ3v) is 4.32. The number of amides is 2. The minimum absolute atomic E-state index is 0.00689. The van der Waals surface area contributed by atoms with Crippen molar-refractivity contribution in [3.63, 3.8) is 0 Å². The van der Waals surface area contributed by atoms with E-state index in [4.69, 9.17) is 5.73 Å². The average molecular weight is 328 g/mol. The molecule has 1 aromatic heterocycles. The predicted molar refractivity (Wildman–Crippen MR) is 84.0 cm³/mol. The van der Waals surface area contributed by atoms with E-state index in [1.165, 1.54) is 35.6 Å². The first-order valence-electron chi connectivity index (χ1n) is 7.65. The molecule has 1 aliphatic rings. The smallest absolute Gasteiger partial charge is 0.249 e. The molecule has 0 bridgehead atoms. The fraction of sp³-hybridized carbons (Fsp3) is 0.294. The number of rotatable bonds is 4. The quantitative estimate of drug-likeness (QED) is 0.912. The number of likely N-dealkylation sites (tertiary alicyclic amines) is 1. The summed E-state index contributed by atoms with van der Waals surface area (Å²) in [7, 11) is 0. The van der Waals surface area contributed by atoms with E-state index in [1.807, 2.05) is 0 Å². The van der Waals surface area contributed by atoms with Crippen LogP contribution in [-0.4, -0.2) is 33.2 Å². The van der Waals surface area contributed by atoms with Gasteiger partial charge < -0.3 is 10.6 Å². The van der Waals surface area contributed by atoms with Crippen molar-refractivity contribution in [2.45, 2.75) is 24.8 Å². The standard InChI is InChI=1S/C17H17FN4O2/c18-13-4-1-3-12(9-13)10-15(23)22-8-2-5-17(22,16(19)24)14-11-20-6-7-21-14/h1,3-4,6-7,9,11H,2,5,8,10H2,(H2,19,24)/t17-/m1/s1. The van der Waals surface area contributed by atoms with Crippen LogP contribution in [0.25, 0.3) is 0 Å². The summed E-state index contributed by atoms with van der Waals surface area (Å²) in [6, 6.07) is 5.84. The van der Waals surface area contributed by atoms with Gasteiger partial charge in [-0.15, -0.1) is 0 Å². The molecule has 0 saturated carbocycles. The van der Waals surface area contributed by atoms with Gasteiger partial charge >= 0.3 is 0 Å². The van der Waals surface area contributed by atoms with Crippen molar-refractivity contribution in [3.05, 3.63) is 59.9 Å². The van der Waals surface area contributed by atoms with Gasteiger partial charge in [-0.25, -0.2) is 4.39 Å². The van der Waals surface area contributed by atoms with Crippen molar-refractivity contribution >= 4 is 11.8 Å². The number of nitrogens with zero attached hydrogens (tertiary/aromatic N) is 3. The van der Waals surface area contributed by atoms with Crippen molar-refractivity contribution in [2.24, 2.45) is 5.73 Å². The summed E-state index contributed by atoms with van der Waals surface area (Å²) in [6.45, 7) is 0.396. The van der Waals surface area contributed by atoms with Crippen LogP contribution < -0.4 is 5.73 Å². The lowest BCUT2D eigenvalue weighted by Crippen LogP contribution is -2.54. The number of carbonyl (C=O) groups excluding carboxylic acids is 2. The second-order valence-electron chi connectivity index (χ2n) is 5.77. The Kier molecular flexibility index (Phi) is 4.24. The fourth-order valence-electron chi connectivity index (χ4n) is 3.23. The minimum Gasteiger partial charge on any atom is -0.367 e. The zero-order valence-corrected chi connectivity index (χ0v) is 13.0. The van der Waals surface area contributed by atoms with E-state index in [0.717, 1.165) is 0 Å². The maximum absolute atomic E-state index is 13.3. The molecule has 2 aromatic rings. The molecule has 2 N–H and O–H groups in total. The summed E-state index contributed by atoms with van der Waals surface area (Å²) in [5.41, 5.74) is 5.27. The van der Waals surface area contributed by atoms with Crippen LogP contribution in [0.4, 0.5) is 4.39 Å². The highest BCUT2D eigenvalue weighted by molar-refractivity contribution is 5.92. The Labute approximate surface area is 138 Å². The molecule has 1 aromatic carbocycles. The lowest BCUT2D eigenvalue weighted by molar-refractivity contribution is -0.144. The van der Waals surface area contributed by atoms with Crippen molar-refractivity contribution < 1.29 is 14.0 Å². The van der Waals surface area contributed by atoms with Crippen LogP contribution in [0.15, 0.2) is 42.9 Å². The third-order valence-electron chi connectivity index (χ3n) is 4.32. The lowest BCUT2D eigenvalue weighted by Gasteiger charge is -2.35. The molecule has 0 unspecified atom stereocenters. The molecule has 1 atom stereocenters. The maximum Gasteiger partial charge on any atom is 0.249 e. The van der Waals surface area contributed by atoms with E-state index in [9.17, 15) is 14.0 Å². The summed E-state index contributed by atoms with van der Waals surface area (Å²) in [5, 5.41) is 0. The molecule has 1 aliphatic heterocycles. The highest BCUT2D eigenvalue weighted by Crippen LogP contribution is 2.38. The molecule has 3 rings (SSSR count). The van der Waals surface area contributed by atoms with E-state index in [2.05, 4.69) is 9.97 Å². The van der Waals surface area contributed by atoms with Crippen molar-refractivity contribution in [2.75, 3.05) is 6.54 Å². The van der Waals surface area contributed by atoms with Crippen LogP contribution in [0.2, 0.25) is 0 Å². The molecular weight excluding hydrogens is 311 g/mol.